The molecule has 1 atom stereocenters. The van der Waals surface area contributed by atoms with Gasteiger partial charge in [0.25, 0.3) is 10.0 Å². The maximum Gasteiger partial charge on any atom is 0.420 e. The van der Waals surface area contributed by atoms with Gasteiger partial charge in [0, 0.05) is 23.7 Å². The van der Waals surface area contributed by atoms with E-state index in [0.717, 1.165) is 29.2 Å². The number of benzene rings is 2. The van der Waals surface area contributed by atoms with E-state index in [1.165, 1.54) is 10.9 Å². The number of anilines is 1. The summed E-state index contributed by atoms with van der Waals surface area (Å²) in [5.41, 5.74) is 0.947. The molecule has 11 heteroatoms. The van der Waals surface area contributed by atoms with Crippen LogP contribution in [-0.2, 0) is 10.0 Å². The lowest BCUT2D eigenvalue weighted by Crippen LogP contribution is -2.19. The minimum absolute atomic E-state index is 0.00350. The Labute approximate surface area is 162 Å². The van der Waals surface area contributed by atoms with Gasteiger partial charge in [-0.2, -0.15) is 4.37 Å². The molecule has 4 aromatic rings. The molecule has 0 saturated heterocycles. The Morgan fingerprint density at radius 2 is 2.00 bits per heavy atom. The van der Waals surface area contributed by atoms with Crippen LogP contribution in [0.2, 0.25) is 0 Å². The number of sulfonamides is 1. The number of fused-ring (bicyclic) bond motifs is 1. The van der Waals surface area contributed by atoms with E-state index >= 15 is 0 Å². The summed E-state index contributed by atoms with van der Waals surface area (Å²) >= 11 is 0.811. The van der Waals surface area contributed by atoms with E-state index in [-0.39, 0.29) is 16.2 Å². The van der Waals surface area contributed by atoms with Crippen LogP contribution >= 0.6 is 11.5 Å². The maximum absolute atomic E-state index is 14.7. The second-order valence-corrected chi connectivity index (χ2v) is 8.36. The molecule has 0 spiro atoms. The highest BCUT2D eigenvalue weighted by atomic mass is 32.2. The summed E-state index contributed by atoms with van der Waals surface area (Å²) < 4.78 is 51.9. The molecule has 2 heterocycles. The Balaban J connectivity index is 1.82. The van der Waals surface area contributed by atoms with Crippen LogP contribution in [-0.4, -0.2) is 22.3 Å². The highest BCUT2D eigenvalue weighted by molar-refractivity contribution is 7.93. The van der Waals surface area contributed by atoms with Crippen molar-refractivity contribution in [2.45, 2.75) is 17.9 Å². The van der Waals surface area contributed by atoms with Crippen molar-refractivity contribution in [3.8, 4) is 0 Å². The molecular weight excluding hydrogens is 407 g/mol. The molecule has 2 aromatic heterocycles. The first-order valence-electron chi connectivity index (χ1n) is 8.06. The number of hydrogen-bond donors (Lipinski definition) is 1. The topological polar surface area (TPSA) is 107 Å². The second-order valence-electron chi connectivity index (χ2n) is 5.93. The van der Waals surface area contributed by atoms with Crippen LogP contribution in [0.4, 0.5) is 9.52 Å². The predicted octanol–water partition coefficient (Wildman–Crippen LogP) is 3.00. The number of oxazole rings is 1. The lowest BCUT2D eigenvalue weighted by Gasteiger charge is -2.13. The van der Waals surface area contributed by atoms with Crippen molar-refractivity contribution in [2.24, 2.45) is 0 Å². The smallest absolute Gasteiger partial charge is 0.408 e. The van der Waals surface area contributed by atoms with Crippen LogP contribution in [0.15, 0.2) is 62.9 Å². The first kappa shape index (κ1) is 18.3. The van der Waals surface area contributed by atoms with Crippen LogP contribution in [0, 0.1) is 5.82 Å². The van der Waals surface area contributed by atoms with E-state index in [1.54, 1.807) is 6.92 Å². The fourth-order valence-electron chi connectivity index (χ4n) is 2.88. The average Bonchev–Trinajstić information content (AvgIpc) is 3.27. The van der Waals surface area contributed by atoms with Gasteiger partial charge in [-0.3, -0.25) is 9.29 Å². The molecule has 4 rings (SSSR count). The summed E-state index contributed by atoms with van der Waals surface area (Å²) in [5, 5.41) is -0.00350. The van der Waals surface area contributed by atoms with Crippen molar-refractivity contribution >= 4 is 37.8 Å². The summed E-state index contributed by atoms with van der Waals surface area (Å²) in [7, 11) is -4.27. The molecule has 28 heavy (non-hydrogen) atoms. The highest BCUT2D eigenvalue weighted by Gasteiger charge is 2.25. The summed E-state index contributed by atoms with van der Waals surface area (Å²) in [5.74, 6) is -1.73. The molecule has 0 unspecified atom stereocenters. The standard InChI is InChI=1S/C17H13FN4O4S2/c1-10(11-5-3-2-4-6-11)22-13-7-12(18)15(8-14(13)26-17(22)23)28(24,25)21-16-19-9-20-27-16/h2-10H,1H3,(H,19,20,21)/t10-/m1/s1. The molecule has 0 aliphatic heterocycles. The Hall–Kier alpha value is -3.05. The number of nitrogens with one attached hydrogen (secondary N) is 1. The van der Waals surface area contributed by atoms with Gasteiger partial charge in [-0.25, -0.2) is 22.6 Å². The average molecular weight is 420 g/mol. The predicted molar refractivity (Wildman–Crippen MR) is 101 cm³/mol. The van der Waals surface area contributed by atoms with Crippen molar-refractivity contribution < 1.29 is 17.2 Å². The van der Waals surface area contributed by atoms with Gasteiger partial charge in [0.05, 0.1) is 11.6 Å². The first-order valence-corrected chi connectivity index (χ1v) is 10.3. The monoisotopic (exact) mass is 420 g/mol. The third kappa shape index (κ3) is 3.18. The highest BCUT2D eigenvalue weighted by Crippen LogP contribution is 2.27. The van der Waals surface area contributed by atoms with E-state index in [4.69, 9.17) is 4.42 Å². The Morgan fingerprint density at radius 1 is 1.25 bits per heavy atom. The van der Waals surface area contributed by atoms with E-state index in [9.17, 15) is 17.6 Å². The quantitative estimate of drug-likeness (QED) is 0.532. The molecule has 0 aliphatic rings. The van der Waals surface area contributed by atoms with E-state index in [2.05, 4.69) is 14.1 Å². The Morgan fingerprint density at radius 3 is 2.68 bits per heavy atom. The molecule has 0 fully saturated rings. The van der Waals surface area contributed by atoms with Gasteiger partial charge in [-0.05, 0) is 12.5 Å². The van der Waals surface area contributed by atoms with Gasteiger partial charge in [0.15, 0.2) is 5.58 Å². The largest absolute Gasteiger partial charge is 0.420 e. The minimum Gasteiger partial charge on any atom is -0.408 e. The molecule has 0 bridgehead atoms. The van der Waals surface area contributed by atoms with Gasteiger partial charge in [0.2, 0.25) is 5.13 Å². The molecule has 8 nitrogen and oxygen atoms in total. The minimum atomic E-state index is -4.27. The zero-order valence-electron chi connectivity index (χ0n) is 14.4. The SMILES string of the molecule is C[C@H](c1ccccc1)n1c(=O)oc2cc(S(=O)(=O)Nc3ncns3)c(F)cc21. The number of halogens is 1. The van der Waals surface area contributed by atoms with Crippen molar-refractivity contribution in [3.63, 3.8) is 0 Å². The summed E-state index contributed by atoms with van der Waals surface area (Å²) in [6, 6.07) is 10.7. The van der Waals surface area contributed by atoms with Crippen LogP contribution in [0.1, 0.15) is 18.5 Å². The van der Waals surface area contributed by atoms with Crippen LogP contribution in [0.3, 0.4) is 0 Å². The first-order chi connectivity index (χ1) is 13.4. The Bertz CT molecular complexity index is 1300. The molecule has 0 saturated carbocycles. The van der Waals surface area contributed by atoms with Crippen molar-refractivity contribution in [1.82, 2.24) is 13.9 Å². The fourth-order valence-corrected chi connectivity index (χ4v) is 4.61. The normalized spacial score (nSPS) is 12.9. The molecule has 0 radical (unpaired) electrons. The zero-order valence-corrected chi connectivity index (χ0v) is 16.0. The van der Waals surface area contributed by atoms with Crippen LogP contribution < -0.4 is 10.5 Å². The van der Waals surface area contributed by atoms with E-state index < -0.39 is 32.5 Å². The second kappa shape index (κ2) is 6.84. The van der Waals surface area contributed by atoms with Crippen molar-refractivity contribution in [1.29, 1.82) is 0 Å². The van der Waals surface area contributed by atoms with Crippen molar-refractivity contribution in [3.05, 3.63) is 70.7 Å². The van der Waals surface area contributed by atoms with Gasteiger partial charge in [0.1, 0.15) is 17.0 Å². The molecule has 2 aromatic carbocycles. The lowest BCUT2D eigenvalue weighted by atomic mass is 10.1. The van der Waals surface area contributed by atoms with Crippen LogP contribution in [0.25, 0.3) is 11.1 Å². The van der Waals surface area contributed by atoms with E-state index in [0.29, 0.717) is 0 Å². The van der Waals surface area contributed by atoms with E-state index in [1.807, 2.05) is 30.3 Å². The summed E-state index contributed by atoms with van der Waals surface area (Å²) in [6.07, 6.45) is 1.17. The van der Waals surface area contributed by atoms with Gasteiger partial charge in [-0.15, -0.1) is 0 Å². The Kier molecular flexibility index (Phi) is 4.47. The number of aromatic nitrogens is 3. The maximum atomic E-state index is 14.7. The molecular formula is C17H13FN4O4S2. The molecule has 0 amide bonds. The summed E-state index contributed by atoms with van der Waals surface area (Å²) in [4.78, 5) is 15.4. The molecule has 1 N–H and O–H groups in total. The molecule has 0 aliphatic carbocycles. The van der Waals surface area contributed by atoms with Gasteiger partial charge in [-0.1, -0.05) is 30.3 Å². The fraction of sp³-hybridized carbons (Fsp3) is 0.118. The third-order valence-corrected chi connectivity index (χ3v) is 6.27. The van der Waals surface area contributed by atoms with Gasteiger partial charge < -0.3 is 4.42 Å². The van der Waals surface area contributed by atoms with Crippen LogP contribution in [0.5, 0.6) is 0 Å². The lowest BCUT2D eigenvalue weighted by molar-refractivity contribution is 0.489. The van der Waals surface area contributed by atoms with Gasteiger partial charge >= 0.3 is 5.76 Å². The molecule has 144 valence electrons. The third-order valence-electron chi connectivity index (χ3n) is 4.21. The zero-order chi connectivity index (χ0) is 19.9. The van der Waals surface area contributed by atoms with Crippen molar-refractivity contribution in [2.75, 3.05) is 4.72 Å². The number of rotatable bonds is 5. The number of nitrogens with zero attached hydrogens (tertiary/aromatic N) is 3. The number of hydrogen-bond acceptors (Lipinski definition) is 7. The summed E-state index contributed by atoms with van der Waals surface area (Å²) in [6.45, 7) is 1.77.